The summed E-state index contributed by atoms with van der Waals surface area (Å²) < 4.78 is 4.62. The average Bonchev–Trinajstić information content (AvgIpc) is 1.87. The fraction of sp³-hybridized carbons (Fsp3) is 0.857. The second kappa shape index (κ2) is 6.43. The largest absolute Gasteiger partial charge is 0.466 e. The summed E-state index contributed by atoms with van der Waals surface area (Å²) in [6, 6.07) is 0. The fourth-order valence-corrected chi connectivity index (χ4v) is 0.892. The second-order valence-corrected chi connectivity index (χ2v) is 2.52. The van der Waals surface area contributed by atoms with E-state index in [-0.39, 0.29) is 12.4 Å². The van der Waals surface area contributed by atoms with E-state index in [9.17, 15) is 4.79 Å². The number of alkyl halides is 1. The second-order valence-electron chi connectivity index (χ2n) is 2.14. The van der Waals surface area contributed by atoms with Crippen LogP contribution in [-0.2, 0) is 9.53 Å². The molecular weight excluding hydrogens is 168 g/mol. The van der Waals surface area contributed by atoms with Gasteiger partial charge in [-0.15, -0.1) is 11.6 Å². The molecule has 4 heteroatoms. The number of carbonyl (C=O) groups excluding carboxylic acids is 1. The smallest absolute Gasteiger partial charge is 0.308 e. The molecule has 1 atom stereocenters. The summed E-state index contributed by atoms with van der Waals surface area (Å²) in [5, 5.41) is 9.06. The van der Waals surface area contributed by atoms with Gasteiger partial charge in [-0.25, -0.2) is 0 Å². The Morgan fingerprint density at radius 1 is 1.73 bits per heavy atom. The van der Waals surface area contributed by atoms with Crippen LogP contribution in [0.4, 0.5) is 0 Å². The van der Waals surface area contributed by atoms with Crippen molar-refractivity contribution < 1.29 is 14.6 Å². The summed E-state index contributed by atoms with van der Waals surface area (Å²) in [5.74, 6) is -0.00858. The van der Waals surface area contributed by atoms with Gasteiger partial charge in [0.25, 0.3) is 0 Å². The van der Waals surface area contributed by atoms with Gasteiger partial charge in [-0.05, 0) is 13.3 Å². The highest BCUT2D eigenvalue weighted by molar-refractivity contribution is 6.17. The van der Waals surface area contributed by atoms with Crippen LogP contribution in [0.2, 0.25) is 0 Å². The molecule has 0 saturated heterocycles. The van der Waals surface area contributed by atoms with Crippen molar-refractivity contribution in [2.24, 2.45) is 0 Å². The van der Waals surface area contributed by atoms with E-state index in [1.54, 1.807) is 6.92 Å². The molecule has 0 aliphatic heterocycles. The molecule has 0 aliphatic rings. The summed E-state index contributed by atoms with van der Waals surface area (Å²) in [4.78, 5) is 10.7. The van der Waals surface area contributed by atoms with Crippen molar-refractivity contribution in [3.63, 3.8) is 0 Å². The van der Waals surface area contributed by atoms with Crippen molar-refractivity contribution in [2.45, 2.75) is 25.9 Å². The lowest BCUT2D eigenvalue weighted by molar-refractivity contribution is -0.145. The van der Waals surface area contributed by atoms with Gasteiger partial charge in [0, 0.05) is 5.88 Å². The Labute approximate surface area is 71.3 Å². The van der Waals surface area contributed by atoms with Gasteiger partial charge in [-0.1, -0.05) is 0 Å². The van der Waals surface area contributed by atoms with Crippen molar-refractivity contribution in [1.82, 2.24) is 0 Å². The van der Waals surface area contributed by atoms with Crippen LogP contribution in [0.15, 0.2) is 0 Å². The molecule has 0 rings (SSSR count). The molecule has 0 heterocycles. The Hall–Kier alpha value is -0.280. The lowest BCUT2D eigenvalue weighted by Gasteiger charge is -2.06. The number of rotatable bonds is 5. The minimum atomic E-state index is -0.661. The Bertz CT molecular complexity index is 116. The minimum Gasteiger partial charge on any atom is -0.466 e. The molecule has 0 aliphatic carbocycles. The maximum atomic E-state index is 10.7. The van der Waals surface area contributed by atoms with Gasteiger partial charge in [0.15, 0.2) is 0 Å². The molecule has 0 amide bonds. The van der Waals surface area contributed by atoms with Crippen LogP contribution in [0.5, 0.6) is 0 Å². The molecule has 0 unspecified atom stereocenters. The summed E-state index contributed by atoms with van der Waals surface area (Å²) >= 11 is 5.34. The molecule has 0 aromatic rings. The van der Waals surface area contributed by atoms with Crippen LogP contribution in [-0.4, -0.2) is 29.7 Å². The molecule has 0 radical (unpaired) electrons. The number of aliphatic hydroxyl groups excluding tert-OH is 1. The average molecular weight is 181 g/mol. The van der Waals surface area contributed by atoms with E-state index >= 15 is 0 Å². The van der Waals surface area contributed by atoms with E-state index in [0.717, 1.165) is 0 Å². The van der Waals surface area contributed by atoms with Gasteiger partial charge < -0.3 is 9.84 Å². The standard InChI is InChI=1S/C7H13ClO3/c1-2-11-7(10)5-6(9)3-4-8/h6,9H,2-5H2,1H3/t6-/m1/s1. The number of aliphatic hydroxyl groups is 1. The van der Waals surface area contributed by atoms with Gasteiger partial charge >= 0.3 is 5.97 Å². The first-order valence-corrected chi connectivity index (χ1v) is 4.13. The third-order valence-electron chi connectivity index (χ3n) is 1.15. The Kier molecular flexibility index (Phi) is 6.27. The zero-order valence-corrected chi connectivity index (χ0v) is 7.30. The number of halogens is 1. The zero-order valence-electron chi connectivity index (χ0n) is 6.55. The van der Waals surface area contributed by atoms with E-state index in [0.29, 0.717) is 18.9 Å². The van der Waals surface area contributed by atoms with E-state index in [1.165, 1.54) is 0 Å². The predicted octanol–water partition coefficient (Wildman–Crippen LogP) is 0.929. The first kappa shape index (κ1) is 10.7. The minimum absolute atomic E-state index is 0.0422. The van der Waals surface area contributed by atoms with Crippen LogP contribution < -0.4 is 0 Å². The van der Waals surface area contributed by atoms with Crippen LogP contribution in [0, 0.1) is 0 Å². The normalized spacial score (nSPS) is 12.6. The SMILES string of the molecule is CCOC(=O)C[C@H](O)CCCl. The van der Waals surface area contributed by atoms with E-state index < -0.39 is 6.10 Å². The number of esters is 1. The summed E-state index contributed by atoms with van der Waals surface area (Å²) in [6.45, 7) is 2.08. The fourth-order valence-electron chi connectivity index (χ4n) is 0.640. The van der Waals surface area contributed by atoms with Crippen molar-refractivity contribution in [1.29, 1.82) is 0 Å². The molecule has 0 spiro atoms. The van der Waals surface area contributed by atoms with Crippen molar-refractivity contribution in [2.75, 3.05) is 12.5 Å². The van der Waals surface area contributed by atoms with Crippen molar-refractivity contribution >= 4 is 17.6 Å². The molecule has 0 fully saturated rings. The molecule has 0 bridgehead atoms. The monoisotopic (exact) mass is 180 g/mol. The Morgan fingerprint density at radius 2 is 2.36 bits per heavy atom. The summed E-state index contributed by atoms with van der Waals surface area (Å²) in [7, 11) is 0. The Balaban J connectivity index is 3.40. The third-order valence-corrected chi connectivity index (χ3v) is 1.37. The van der Waals surface area contributed by atoms with Gasteiger partial charge in [-0.2, -0.15) is 0 Å². The predicted molar refractivity (Wildman–Crippen MR) is 42.6 cm³/mol. The lowest BCUT2D eigenvalue weighted by atomic mass is 10.2. The molecule has 0 aromatic carbocycles. The zero-order chi connectivity index (χ0) is 8.69. The highest BCUT2D eigenvalue weighted by atomic mass is 35.5. The van der Waals surface area contributed by atoms with Crippen molar-refractivity contribution in [3.8, 4) is 0 Å². The third kappa shape index (κ3) is 6.13. The van der Waals surface area contributed by atoms with Crippen LogP contribution in [0.25, 0.3) is 0 Å². The Morgan fingerprint density at radius 3 is 2.82 bits per heavy atom. The van der Waals surface area contributed by atoms with Crippen LogP contribution >= 0.6 is 11.6 Å². The highest BCUT2D eigenvalue weighted by Gasteiger charge is 2.09. The number of carbonyl (C=O) groups is 1. The summed E-state index contributed by atoms with van der Waals surface area (Å²) in [6.07, 6.45) is -0.187. The molecule has 1 N–H and O–H groups in total. The molecule has 0 aromatic heterocycles. The number of hydrogen-bond acceptors (Lipinski definition) is 3. The maximum Gasteiger partial charge on any atom is 0.308 e. The first-order valence-electron chi connectivity index (χ1n) is 3.60. The highest BCUT2D eigenvalue weighted by Crippen LogP contribution is 2.00. The molecule has 0 saturated carbocycles. The molecular formula is C7H13ClO3. The summed E-state index contributed by atoms with van der Waals surface area (Å²) in [5.41, 5.74) is 0. The molecule has 11 heavy (non-hydrogen) atoms. The van der Waals surface area contributed by atoms with Gasteiger partial charge in [0.1, 0.15) is 0 Å². The van der Waals surface area contributed by atoms with E-state index in [2.05, 4.69) is 4.74 Å². The first-order chi connectivity index (χ1) is 5.20. The van der Waals surface area contributed by atoms with Crippen LogP contribution in [0.1, 0.15) is 19.8 Å². The van der Waals surface area contributed by atoms with Crippen molar-refractivity contribution in [3.05, 3.63) is 0 Å². The number of hydrogen-bond donors (Lipinski definition) is 1. The topological polar surface area (TPSA) is 46.5 Å². The molecule has 3 nitrogen and oxygen atoms in total. The van der Waals surface area contributed by atoms with E-state index in [4.69, 9.17) is 16.7 Å². The maximum absolute atomic E-state index is 10.7. The lowest BCUT2D eigenvalue weighted by Crippen LogP contribution is -2.15. The van der Waals surface area contributed by atoms with Gasteiger partial charge in [0.05, 0.1) is 19.1 Å². The quantitative estimate of drug-likeness (QED) is 0.506. The molecule has 66 valence electrons. The van der Waals surface area contributed by atoms with Crippen LogP contribution in [0.3, 0.4) is 0 Å². The van der Waals surface area contributed by atoms with Gasteiger partial charge in [-0.3, -0.25) is 4.79 Å². The van der Waals surface area contributed by atoms with E-state index in [1.807, 2.05) is 0 Å². The van der Waals surface area contributed by atoms with Gasteiger partial charge in [0.2, 0.25) is 0 Å². The number of ether oxygens (including phenoxy) is 1.